The van der Waals surface area contributed by atoms with Crippen LogP contribution in [-0.2, 0) is 14.4 Å². The Morgan fingerprint density at radius 3 is 2.71 bits per heavy atom. The molecule has 1 heterocycles. The fraction of sp³-hybridized carbons (Fsp3) is 0.286. The monoisotopic (exact) mass is 380 g/mol. The van der Waals surface area contributed by atoms with Crippen molar-refractivity contribution < 1.29 is 14.4 Å². The predicted molar refractivity (Wildman–Crippen MR) is 111 cm³/mol. The highest BCUT2D eigenvalue weighted by Crippen LogP contribution is 2.29. The minimum absolute atomic E-state index is 0.0298. The molecule has 3 rings (SSSR count). The van der Waals surface area contributed by atoms with Crippen LogP contribution in [0.1, 0.15) is 19.8 Å². The fourth-order valence-corrected chi connectivity index (χ4v) is 3.04. The molecule has 0 bridgehead atoms. The SMILES string of the molecule is CCN(C)c1cccc(NC(=O)CCC(=O)N2CC(=O)Nc3ccccc32)c1. The van der Waals surface area contributed by atoms with E-state index in [2.05, 4.69) is 22.5 Å². The van der Waals surface area contributed by atoms with Crippen molar-refractivity contribution in [1.82, 2.24) is 0 Å². The van der Waals surface area contributed by atoms with E-state index in [1.165, 1.54) is 4.90 Å². The topological polar surface area (TPSA) is 81.8 Å². The van der Waals surface area contributed by atoms with Crippen molar-refractivity contribution >= 4 is 40.5 Å². The first kappa shape index (κ1) is 19.4. The minimum atomic E-state index is -0.253. The molecule has 7 nitrogen and oxygen atoms in total. The van der Waals surface area contributed by atoms with Gasteiger partial charge in [-0.1, -0.05) is 18.2 Å². The molecule has 2 aromatic carbocycles. The molecule has 0 atom stereocenters. The van der Waals surface area contributed by atoms with Crippen molar-refractivity contribution in [1.29, 1.82) is 0 Å². The largest absolute Gasteiger partial charge is 0.375 e. The number of carbonyl (C=O) groups excluding carboxylic acids is 3. The van der Waals surface area contributed by atoms with E-state index >= 15 is 0 Å². The Bertz CT molecular complexity index is 897. The van der Waals surface area contributed by atoms with E-state index in [-0.39, 0.29) is 37.1 Å². The molecular weight excluding hydrogens is 356 g/mol. The van der Waals surface area contributed by atoms with Crippen LogP contribution in [0.2, 0.25) is 0 Å². The van der Waals surface area contributed by atoms with Crippen LogP contribution in [0, 0.1) is 0 Å². The van der Waals surface area contributed by atoms with Gasteiger partial charge < -0.3 is 20.4 Å². The van der Waals surface area contributed by atoms with Crippen molar-refractivity contribution in [2.75, 3.05) is 40.6 Å². The molecule has 2 aromatic rings. The zero-order chi connectivity index (χ0) is 20.1. The summed E-state index contributed by atoms with van der Waals surface area (Å²) in [5.41, 5.74) is 2.96. The smallest absolute Gasteiger partial charge is 0.244 e. The number of hydrogen-bond acceptors (Lipinski definition) is 4. The van der Waals surface area contributed by atoms with Crippen LogP contribution in [0.15, 0.2) is 48.5 Å². The first-order chi connectivity index (χ1) is 13.5. The van der Waals surface area contributed by atoms with Gasteiger partial charge in [-0.2, -0.15) is 0 Å². The lowest BCUT2D eigenvalue weighted by molar-refractivity contribution is -0.124. The molecule has 0 spiro atoms. The van der Waals surface area contributed by atoms with Crippen LogP contribution in [0.5, 0.6) is 0 Å². The van der Waals surface area contributed by atoms with Crippen molar-refractivity contribution in [3.05, 3.63) is 48.5 Å². The van der Waals surface area contributed by atoms with Crippen LogP contribution in [0.25, 0.3) is 0 Å². The second kappa shape index (κ2) is 8.56. The van der Waals surface area contributed by atoms with Gasteiger partial charge in [0.05, 0.1) is 11.4 Å². The number of rotatable bonds is 6. The Hall–Kier alpha value is -3.35. The summed E-state index contributed by atoms with van der Waals surface area (Å²) in [5.74, 6) is -0.732. The van der Waals surface area contributed by atoms with Gasteiger partial charge in [0, 0.05) is 37.8 Å². The first-order valence-electron chi connectivity index (χ1n) is 9.28. The normalized spacial score (nSPS) is 12.8. The van der Waals surface area contributed by atoms with Crippen LogP contribution in [0.3, 0.4) is 0 Å². The Morgan fingerprint density at radius 2 is 1.93 bits per heavy atom. The third-order valence-corrected chi connectivity index (χ3v) is 4.68. The number of hydrogen-bond donors (Lipinski definition) is 2. The maximum atomic E-state index is 12.6. The second-order valence-corrected chi connectivity index (χ2v) is 6.66. The van der Waals surface area contributed by atoms with Crippen LogP contribution < -0.4 is 20.4 Å². The van der Waals surface area contributed by atoms with Gasteiger partial charge >= 0.3 is 0 Å². The lowest BCUT2D eigenvalue weighted by Crippen LogP contribution is -2.42. The molecule has 0 aromatic heterocycles. The highest BCUT2D eigenvalue weighted by atomic mass is 16.2. The van der Waals surface area contributed by atoms with Crippen molar-refractivity contribution in [2.45, 2.75) is 19.8 Å². The summed E-state index contributed by atoms with van der Waals surface area (Å²) in [4.78, 5) is 40.2. The predicted octanol–water partition coefficient (Wildman–Crippen LogP) is 2.85. The molecule has 146 valence electrons. The third-order valence-electron chi connectivity index (χ3n) is 4.68. The van der Waals surface area contributed by atoms with Gasteiger partial charge in [0.25, 0.3) is 0 Å². The van der Waals surface area contributed by atoms with Gasteiger partial charge in [0.15, 0.2) is 0 Å². The number of para-hydroxylation sites is 2. The van der Waals surface area contributed by atoms with E-state index in [4.69, 9.17) is 0 Å². The third kappa shape index (κ3) is 4.49. The van der Waals surface area contributed by atoms with E-state index in [0.717, 1.165) is 12.2 Å². The van der Waals surface area contributed by atoms with Crippen LogP contribution >= 0.6 is 0 Å². The average molecular weight is 380 g/mol. The van der Waals surface area contributed by atoms with Crippen LogP contribution in [-0.4, -0.2) is 37.9 Å². The number of nitrogens with zero attached hydrogens (tertiary/aromatic N) is 2. The van der Waals surface area contributed by atoms with Crippen molar-refractivity contribution in [3.63, 3.8) is 0 Å². The second-order valence-electron chi connectivity index (χ2n) is 6.66. The summed E-state index contributed by atoms with van der Waals surface area (Å²) in [6.45, 7) is 2.87. The molecule has 0 saturated heterocycles. The van der Waals surface area contributed by atoms with E-state index < -0.39 is 0 Å². The molecule has 0 radical (unpaired) electrons. The number of benzene rings is 2. The van der Waals surface area contributed by atoms with Crippen LogP contribution in [0.4, 0.5) is 22.7 Å². The summed E-state index contributed by atoms with van der Waals surface area (Å²) in [5, 5.41) is 5.58. The van der Waals surface area contributed by atoms with Gasteiger partial charge in [0.1, 0.15) is 6.54 Å². The Kier molecular flexibility index (Phi) is 5.93. The molecule has 0 fully saturated rings. The maximum Gasteiger partial charge on any atom is 0.244 e. The minimum Gasteiger partial charge on any atom is -0.375 e. The molecule has 2 N–H and O–H groups in total. The van der Waals surface area contributed by atoms with Crippen molar-refractivity contribution in [2.24, 2.45) is 0 Å². The van der Waals surface area contributed by atoms with E-state index in [1.807, 2.05) is 37.4 Å². The molecule has 3 amide bonds. The molecule has 28 heavy (non-hydrogen) atoms. The zero-order valence-corrected chi connectivity index (χ0v) is 16.1. The van der Waals surface area contributed by atoms with E-state index in [0.29, 0.717) is 17.1 Å². The van der Waals surface area contributed by atoms with Gasteiger partial charge in [-0.15, -0.1) is 0 Å². The molecule has 7 heteroatoms. The van der Waals surface area contributed by atoms with Gasteiger partial charge in [-0.3, -0.25) is 14.4 Å². The zero-order valence-electron chi connectivity index (χ0n) is 16.1. The summed E-state index contributed by atoms with van der Waals surface area (Å²) >= 11 is 0. The van der Waals surface area contributed by atoms with E-state index in [9.17, 15) is 14.4 Å². The molecule has 1 aliphatic rings. The lowest BCUT2D eigenvalue weighted by atomic mass is 10.1. The van der Waals surface area contributed by atoms with Crippen molar-refractivity contribution in [3.8, 4) is 0 Å². The van der Waals surface area contributed by atoms with E-state index in [1.54, 1.807) is 18.2 Å². The summed E-state index contributed by atoms with van der Waals surface area (Å²) in [7, 11) is 1.98. The quantitative estimate of drug-likeness (QED) is 0.807. The fourth-order valence-electron chi connectivity index (χ4n) is 3.04. The molecule has 1 aliphatic heterocycles. The number of amides is 3. The molecule has 0 unspecified atom stereocenters. The summed E-state index contributed by atoms with van der Waals surface area (Å²) in [6.07, 6.45) is 0.0783. The standard InChI is InChI=1S/C21H24N4O3/c1-3-24(2)16-8-6-7-15(13-16)22-19(26)11-12-21(28)25-14-20(27)23-17-9-4-5-10-18(17)25/h4-10,13H,3,11-12,14H2,1-2H3,(H,22,26)(H,23,27). The number of nitrogens with one attached hydrogen (secondary N) is 2. The molecule has 0 aliphatic carbocycles. The molecule has 0 saturated carbocycles. The number of carbonyl (C=O) groups is 3. The van der Waals surface area contributed by atoms with Gasteiger partial charge in [-0.25, -0.2) is 0 Å². The lowest BCUT2D eigenvalue weighted by Gasteiger charge is -2.29. The number of anilines is 4. The Morgan fingerprint density at radius 1 is 1.14 bits per heavy atom. The highest BCUT2D eigenvalue weighted by Gasteiger charge is 2.26. The Labute approximate surface area is 164 Å². The number of fused-ring (bicyclic) bond motifs is 1. The van der Waals surface area contributed by atoms with Gasteiger partial charge in [0.2, 0.25) is 17.7 Å². The first-order valence-corrected chi connectivity index (χ1v) is 9.28. The molecular formula is C21H24N4O3. The average Bonchev–Trinajstić information content (AvgIpc) is 2.70. The maximum absolute atomic E-state index is 12.6. The summed E-state index contributed by atoms with van der Waals surface area (Å²) in [6, 6.07) is 14.7. The highest BCUT2D eigenvalue weighted by molar-refractivity contribution is 6.10. The van der Waals surface area contributed by atoms with Gasteiger partial charge in [-0.05, 0) is 37.3 Å². The summed E-state index contributed by atoms with van der Waals surface area (Å²) < 4.78 is 0. The Balaban J connectivity index is 1.59.